The number of carbonyl (C=O) groups is 1. The number of aliphatic hydroxyl groups excluding tert-OH is 1. The molecule has 0 rings (SSSR count). The average molecular weight is 196 g/mol. The average Bonchev–Trinajstić information content (AvgIpc) is 2.10. The highest BCUT2D eigenvalue weighted by atomic mass is 16.4. The van der Waals surface area contributed by atoms with E-state index >= 15 is 0 Å². The number of hydrogen-bond acceptors (Lipinski definition) is 2. The van der Waals surface area contributed by atoms with E-state index in [0.717, 1.165) is 0 Å². The van der Waals surface area contributed by atoms with Gasteiger partial charge in [0.1, 0.15) is 5.76 Å². The molecule has 2 N–H and O–H groups in total. The van der Waals surface area contributed by atoms with Gasteiger partial charge in [0.05, 0.1) is 5.92 Å². The third-order valence-corrected chi connectivity index (χ3v) is 1.86. The van der Waals surface area contributed by atoms with E-state index in [4.69, 9.17) is 10.2 Å². The van der Waals surface area contributed by atoms with E-state index < -0.39 is 11.9 Å². The van der Waals surface area contributed by atoms with Crippen LogP contribution in [0.15, 0.2) is 36.6 Å². The minimum atomic E-state index is -0.815. The molecular weight excluding hydrogens is 180 g/mol. The van der Waals surface area contributed by atoms with E-state index in [2.05, 4.69) is 13.2 Å². The van der Waals surface area contributed by atoms with Gasteiger partial charge in [0.25, 0.3) is 0 Å². The Labute approximate surface area is 84.1 Å². The van der Waals surface area contributed by atoms with Crippen molar-refractivity contribution in [2.24, 2.45) is 5.92 Å². The van der Waals surface area contributed by atoms with Crippen molar-refractivity contribution >= 4 is 5.97 Å². The standard InChI is InChI=1S/C11H16O3/c1-4-10(11(13)14)7-8(2)5-6-9(3)12/h5-6,10,12H,2-4,7H2,1H3,(H,13,14)/b6-5-. The Morgan fingerprint density at radius 2 is 1.93 bits per heavy atom. The molecule has 0 saturated carbocycles. The Kier molecular flexibility index (Phi) is 5.37. The van der Waals surface area contributed by atoms with Crippen molar-refractivity contribution in [1.29, 1.82) is 0 Å². The van der Waals surface area contributed by atoms with Gasteiger partial charge in [0, 0.05) is 0 Å². The number of aliphatic hydroxyl groups is 1. The molecule has 0 spiro atoms. The zero-order chi connectivity index (χ0) is 11.1. The third-order valence-electron chi connectivity index (χ3n) is 1.86. The highest BCUT2D eigenvalue weighted by Crippen LogP contribution is 2.15. The molecule has 14 heavy (non-hydrogen) atoms. The zero-order valence-corrected chi connectivity index (χ0v) is 8.36. The summed E-state index contributed by atoms with van der Waals surface area (Å²) in [7, 11) is 0. The first-order chi connectivity index (χ1) is 6.47. The summed E-state index contributed by atoms with van der Waals surface area (Å²) in [5, 5.41) is 17.5. The van der Waals surface area contributed by atoms with Crippen molar-refractivity contribution in [3.63, 3.8) is 0 Å². The molecule has 1 unspecified atom stereocenters. The van der Waals surface area contributed by atoms with Crippen LogP contribution in [0.5, 0.6) is 0 Å². The lowest BCUT2D eigenvalue weighted by molar-refractivity contribution is -0.141. The van der Waals surface area contributed by atoms with Gasteiger partial charge in [0.2, 0.25) is 0 Å². The topological polar surface area (TPSA) is 57.5 Å². The molecule has 0 aliphatic carbocycles. The molecule has 3 nitrogen and oxygen atoms in total. The lowest BCUT2D eigenvalue weighted by atomic mass is 9.97. The van der Waals surface area contributed by atoms with Crippen molar-refractivity contribution in [1.82, 2.24) is 0 Å². The largest absolute Gasteiger partial charge is 0.509 e. The lowest BCUT2D eigenvalue weighted by Gasteiger charge is -2.08. The molecule has 0 heterocycles. The molecule has 1 atom stereocenters. The Hall–Kier alpha value is -1.51. The molecule has 3 heteroatoms. The summed E-state index contributed by atoms with van der Waals surface area (Å²) in [5.41, 5.74) is 0.675. The molecule has 0 aromatic rings. The minimum Gasteiger partial charge on any atom is -0.509 e. The van der Waals surface area contributed by atoms with Gasteiger partial charge in [-0.05, 0) is 18.9 Å². The van der Waals surface area contributed by atoms with Crippen LogP contribution >= 0.6 is 0 Å². The van der Waals surface area contributed by atoms with Gasteiger partial charge < -0.3 is 10.2 Å². The van der Waals surface area contributed by atoms with Gasteiger partial charge in [-0.1, -0.05) is 31.7 Å². The predicted molar refractivity (Wildman–Crippen MR) is 56.1 cm³/mol. The zero-order valence-electron chi connectivity index (χ0n) is 8.36. The molecule has 78 valence electrons. The van der Waals surface area contributed by atoms with Crippen molar-refractivity contribution in [3.05, 3.63) is 36.6 Å². The van der Waals surface area contributed by atoms with Crippen LogP contribution in [-0.4, -0.2) is 16.2 Å². The summed E-state index contributed by atoms with van der Waals surface area (Å²) < 4.78 is 0. The lowest BCUT2D eigenvalue weighted by Crippen LogP contribution is -2.12. The second-order valence-electron chi connectivity index (χ2n) is 3.13. The summed E-state index contributed by atoms with van der Waals surface area (Å²) >= 11 is 0. The Balaban J connectivity index is 4.17. The van der Waals surface area contributed by atoms with E-state index in [1.807, 2.05) is 6.92 Å². The Morgan fingerprint density at radius 3 is 2.29 bits per heavy atom. The van der Waals surface area contributed by atoms with Crippen LogP contribution in [0.4, 0.5) is 0 Å². The maximum atomic E-state index is 10.7. The maximum Gasteiger partial charge on any atom is 0.306 e. The quantitative estimate of drug-likeness (QED) is 0.507. The smallest absolute Gasteiger partial charge is 0.306 e. The third kappa shape index (κ3) is 5.19. The van der Waals surface area contributed by atoms with E-state index in [0.29, 0.717) is 18.4 Å². The second kappa shape index (κ2) is 6.02. The Bertz CT molecular complexity index is 264. The summed E-state index contributed by atoms with van der Waals surface area (Å²) in [5.74, 6) is -1.28. The maximum absolute atomic E-state index is 10.7. The van der Waals surface area contributed by atoms with Crippen LogP contribution in [0, 0.1) is 5.92 Å². The molecule has 0 fully saturated rings. The van der Waals surface area contributed by atoms with Crippen molar-refractivity contribution in [2.45, 2.75) is 19.8 Å². The Morgan fingerprint density at radius 1 is 1.36 bits per heavy atom. The van der Waals surface area contributed by atoms with Crippen LogP contribution in [0.2, 0.25) is 0 Å². The number of allylic oxidation sites excluding steroid dienone is 3. The van der Waals surface area contributed by atoms with Crippen LogP contribution in [-0.2, 0) is 4.79 Å². The highest BCUT2D eigenvalue weighted by molar-refractivity contribution is 5.70. The first kappa shape index (κ1) is 12.5. The van der Waals surface area contributed by atoms with E-state index in [9.17, 15) is 4.79 Å². The van der Waals surface area contributed by atoms with Crippen molar-refractivity contribution in [2.75, 3.05) is 0 Å². The number of aliphatic carboxylic acids is 1. The number of hydrogen-bond donors (Lipinski definition) is 2. The molecule has 0 radical (unpaired) electrons. The van der Waals surface area contributed by atoms with Gasteiger partial charge in [-0.15, -0.1) is 0 Å². The molecule has 0 aliphatic rings. The first-order valence-electron chi connectivity index (χ1n) is 4.43. The summed E-state index contributed by atoms with van der Waals surface area (Å²) in [4.78, 5) is 10.7. The predicted octanol–water partition coefficient (Wildman–Crippen LogP) is 2.67. The molecule has 0 aromatic carbocycles. The molecule has 0 saturated heterocycles. The molecule has 0 aliphatic heterocycles. The van der Waals surface area contributed by atoms with Crippen LogP contribution in [0.3, 0.4) is 0 Å². The fourth-order valence-corrected chi connectivity index (χ4v) is 1.00. The van der Waals surface area contributed by atoms with Gasteiger partial charge in [-0.2, -0.15) is 0 Å². The van der Waals surface area contributed by atoms with Crippen molar-refractivity contribution < 1.29 is 15.0 Å². The minimum absolute atomic E-state index is 0.0606. The van der Waals surface area contributed by atoms with Crippen molar-refractivity contribution in [3.8, 4) is 0 Å². The fraction of sp³-hybridized carbons (Fsp3) is 0.364. The number of carboxylic acid groups (broad SMARTS) is 1. The van der Waals surface area contributed by atoms with E-state index in [1.54, 1.807) is 6.08 Å². The van der Waals surface area contributed by atoms with E-state index in [1.165, 1.54) is 6.08 Å². The van der Waals surface area contributed by atoms with Gasteiger partial charge in [0.15, 0.2) is 0 Å². The van der Waals surface area contributed by atoms with E-state index in [-0.39, 0.29) is 5.76 Å². The molecular formula is C11H16O3. The van der Waals surface area contributed by atoms with Gasteiger partial charge in [-0.3, -0.25) is 4.79 Å². The van der Waals surface area contributed by atoms with Gasteiger partial charge >= 0.3 is 5.97 Å². The van der Waals surface area contributed by atoms with Gasteiger partial charge in [-0.25, -0.2) is 0 Å². The normalized spacial score (nSPS) is 12.6. The van der Waals surface area contributed by atoms with Crippen LogP contribution < -0.4 is 0 Å². The number of carboxylic acids is 1. The molecule has 0 aromatic heterocycles. The number of rotatable bonds is 6. The second-order valence-corrected chi connectivity index (χ2v) is 3.13. The fourth-order valence-electron chi connectivity index (χ4n) is 1.00. The first-order valence-corrected chi connectivity index (χ1v) is 4.43. The summed E-state index contributed by atoms with van der Waals surface area (Å²) in [6.45, 7) is 8.79. The highest BCUT2D eigenvalue weighted by Gasteiger charge is 2.14. The van der Waals surface area contributed by atoms with Crippen LogP contribution in [0.1, 0.15) is 19.8 Å². The molecule has 0 amide bonds. The van der Waals surface area contributed by atoms with Crippen LogP contribution in [0.25, 0.3) is 0 Å². The SMILES string of the molecule is C=C(O)/C=C\C(=C)CC(CC)C(=O)O. The molecule has 0 bridgehead atoms. The summed E-state index contributed by atoms with van der Waals surface area (Å²) in [6.07, 6.45) is 3.95. The summed E-state index contributed by atoms with van der Waals surface area (Å²) in [6, 6.07) is 0. The monoisotopic (exact) mass is 196 g/mol.